The minimum absolute atomic E-state index is 0.0222. The van der Waals surface area contributed by atoms with Crippen LogP contribution in [0.4, 0.5) is 0 Å². The number of carboxylic acids is 1. The predicted octanol–water partition coefficient (Wildman–Crippen LogP) is -2.97. The zero-order valence-electron chi connectivity index (χ0n) is 42.3. The van der Waals surface area contributed by atoms with E-state index in [4.69, 9.17) is 17.2 Å². The van der Waals surface area contributed by atoms with Crippen LogP contribution in [0.15, 0.2) is 30.3 Å². The van der Waals surface area contributed by atoms with Gasteiger partial charge in [0, 0.05) is 30.2 Å². The molecule has 0 aliphatic carbocycles. The molecule has 0 aromatic heterocycles. The summed E-state index contributed by atoms with van der Waals surface area (Å²) in [6, 6.07) is -2.70. The van der Waals surface area contributed by atoms with Gasteiger partial charge in [0.1, 0.15) is 48.3 Å². The lowest BCUT2D eigenvalue weighted by molar-refractivity contribution is -0.143. The second kappa shape index (κ2) is 33.3. The van der Waals surface area contributed by atoms with Crippen LogP contribution in [0.5, 0.6) is 0 Å². The van der Waals surface area contributed by atoms with Crippen molar-refractivity contribution >= 4 is 103 Å². The average molecular weight is 1100 g/mol. The van der Waals surface area contributed by atoms with Crippen LogP contribution in [-0.4, -0.2) is 166 Å². The summed E-state index contributed by atoms with van der Waals surface area (Å²) >= 11 is 12.5. The normalized spacial score (nSPS) is 16.8. The van der Waals surface area contributed by atoms with E-state index >= 15 is 0 Å². The maximum atomic E-state index is 14.3. The molecule has 10 amide bonds. The number of likely N-dealkylation sites (tertiary alicyclic amines) is 1. The van der Waals surface area contributed by atoms with Crippen LogP contribution in [-0.2, 0) is 59.2 Å². The summed E-state index contributed by atoms with van der Waals surface area (Å²) in [5.74, 6) is -10.4. The molecule has 1 fully saturated rings. The number of nitrogens with one attached hydrogen (secondary N) is 8. The van der Waals surface area contributed by atoms with Crippen LogP contribution in [0.25, 0.3) is 0 Å². The Bertz CT molecular complexity index is 2090. The first-order chi connectivity index (χ1) is 35.0. The topological polar surface area (TPSA) is 386 Å². The summed E-state index contributed by atoms with van der Waals surface area (Å²) in [5.41, 5.74) is 17.2. The minimum Gasteiger partial charge on any atom is -0.480 e. The summed E-state index contributed by atoms with van der Waals surface area (Å²) in [6.45, 7) is 7.06. The van der Waals surface area contributed by atoms with Gasteiger partial charge in [0.15, 0.2) is 0 Å². The Kier molecular flexibility index (Phi) is 29.0. The van der Waals surface area contributed by atoms with E-state index in [0.29, 0.717) is 37.8 Å². The molecule has 24 nitrogen and oxygen atoms in total. The average Bonchev–Trinajstić information content (AvgIpc) is 3.86. The van der Waals surface area contributed by atoms with Gasteiger partial charge in [-0.1, -0.05) is 64.4 Å². The summed E-state index contributed by atoms with van der Waals surface area (Å²) in [7, 11) is 0. The highest BCUT2D eigenvalue weighted by Gasteiger charge is 2.41. The van der Waals surface area contributed by atoms with E-state index in [1.165, 1.54) is 4.90 Å². The second-order valence-corrected chi connectivity index (χ2v) is 19.6. The molecule has 1 aliphatic heterocycles. The van der Waals surface area contributed by atoms with E-state index in [-0.39, 0.29) is 55.4 Å². The number of unbranched alkanes of at least 4 members (excludes halogenated alkanes) is 1. The molecule has 74 heavy (non-hydrogen) atoms. The van der Waals surface area contributed by atoms with Crippen LogP contribution in [0.1, 0.15) is 84.6 Å². The second-order valence-electron chi connectivity index (χ2n) is 18.5. The molecule has 1 saturated heterocycles. The first-order valence-electron chi connectivity index (χ1n) is 24.5. The maximum Gasteiger partial charge on any atom is 0.326 e. The molecule has 414 valence electrons. The molecule has 1 heterocycles. The molecule has 1 aromatic rings. The number of nitrogens with two attached hydrogens (primary N) is 3. The highest BCUT2D eigenvalue weighted by atomic mass is 32.1. The van der Waals surface area contributed by atoms with Crippen LogP contribution < -0.4 is 59.7 Å². The van der Waals surface area contributed by atoms with Crippen LogP contribution >= 0.6 is 37.9 Å². The zero-order chi connectivity index (χ0) is 55.7. The van der Waals surface area contributed by atoms with Gasteiger partial charge in [-0.25, -0.2) is 4.79 Å². The lowest BCUT2D eigenvalue weighted by Crippen LogP contribution is -2.61. The summed E-state index contributed by atoms with van der Waals surface area (Å²) in [5, 5.41) is 30.0. The molecular weight excluding hydrogens is 1020 g/mol. The standard InChI is InChI=1S/C47H76N12O12S3/c1-5-26(4)38(58-42(65)31(19-27-12-7-6-8-13-27)54-40(63)30(18-25(2)3)52-37(61)21-51-39(62)28(49)22-72)45(68)57-34(24-74)46(69)59-17-11-15-35(59)44(67)56-33(23-73)43(66)55-32(20-36(50)60)41(64)53-29(47(70)71)14-9-10-16-48/h6-8,12-13,25-26,28-35,38,72-74H,5,9-11,14-24,48-49H2,1-4H3,(H2,50,60)(H,51,62)(H,52,61)(H,53,64)(H,54,63)(H,55,66)(H,56,67)(H,57,68)(H,58,65)(H,70,71)/t26-,28-,29-,30-,31-,32-,33-,34-,35-,38-/m0/s1. The smallest absolute Gasteiger partial charge is 0.326 e. The number of primary amides is 1. The fraction of sp³-hybridized carbons (Fsp3) is 0.638. The van der Waals surface area contributed by atoms with Gasteiger partial charge in [-0.05, 0) is 62.5 Å². The van der Waals surface area contributed by atoms with E-state index in [9.17, 15) is 57.8 Å². The van der Waals surface area contributed by atoms with Gasteiger partial charge >= 0.3 is 5.97 Å². The highest BCUT2D eigenvalue weighted by molar-refractivity contribution is 7.80. The molecule has 0 unspecified atom stereocenters. The zero-order valence-corrected chi connectivity index (χ0v) is 45.0. The monoisotopic (exact) mass is 1100 g/mol. The molecule has 27 heteroatoms. The van der Waals surface area contributed by atoms with Crippen molar-refractivity contribution in [3.63, 3.8) is 0 Å². The first kappa shape index (κ1) is 64.5. The molecule has 15 N–H and O–H groups in total. The number of amides is 10. The van der Waals surface area contributed by atoms with Crippen molar-refractivity contribution in [3.8, 4) is 0 Å². The number of carbonyl (C=O) groups is 11. The molecule has 0 bridgehead atoms. The van der Waals surface area contributed by atoms with Crippen LogP contribution in [0.3, 0.4) is 0 Å². The van der Waals surface area contributed by atoms with E-state index in [2.05, 4.69) is 80.4 Å². The summed E-state index contributed by atoms with van der Waals surface area (Å²) in [4.78, 5) is 147. The van der Waals surface area contributed by atoms with Gasteiger partial charge in [-0.3, -0.25) is 47.9 Å². The molecule has 1 aromatic carbocycles. The van der Waals surface area contributed by atoms with Crippen LogP contribution in [0, 0.1) is 11.8 Å². The molecule has 10 atom stereocenters. The van der Waals surface area contributed by atoms with E-state index < -0.39 is 138 Å². The van der Waals surface area contributed by atoms with Gasteiger partial charge in [0.25, 0.3) is 0 Å². The molecule has 2 rings (SSSR count). The lowest BCUT2D eigenvalue weighted by atomic mass is 9.96. The quantitative estimate of drug-likeness (QED) is 0.0247. The predicted molar refractivity (Wildman–Crippen MR) is 284 cm³/mol. The van der Waals surface area contributed by atoms with Crippen molar-refractivity contribution in [2.75, 3.05) is 36.9 Å². The van der Waals surface area contributed by atoms with Gasteiger partial charge in [0.05, 0.1) is 19.0 Å². The minimum atomic E-state index is -1.62. The van der Waals surface area contributed by atoms with E-state index in [1.807, 2.05) is 13.8 Å². The number of carboxylic acid groups (broad SMARTS) is 1. The lowest BCUT2D eigenvalue weighted by Gasteiger charge is -2.31. The van der Waals surface area contributed by atoms with Crippen molar-refractivity contribution in [1.29, 1.82) is 0 Å². The Balaban J connectivity index is 2.29. The molecule has 0 radical (unpaired) electrons. The van der Waals surface area contributed by atoms with E-state index in [0.717, 1.165) is 0 Å². The Morgan fingerprint density at radius 3 is 1.85 bits per heavy atom. The van der Waals surface area contributed by atoms with Crippen molar-refractivity contribution in [3.05, 3.63) is 35.9 Å². The van der Waals surface area contributed by atoms with Crippen molar-refractivity contribution in [2.24, 2.45) is 29.0 Å². The van der Waals surface area contributed by atoms with Gasteiger partial charge < -0.3 is 69.7 Å². The largest absolute Gasteiger partial charge is 0.480 e. The molecule has 0 spiro atoms. The number of benzene rings is 1. The van der Waals surface area contributed by atoms with Crippen molar-refractivity contribution < 1.29 is 57.8 Å². The number of thiol groups is 3. The highest BCUT2D eigenvalue weighted by Crippen LogP contribution is 2.20. The first-order valence-corrected chi connectivity index (χ1v) is 26.4. The molecule has 0 saturated carbocycles. The Morgan fingerprint density at radius 2 is 1.28 bits per heavy atom. The molecular formula is C47H76N12O12S3. The van der Waals surface area contributed by atoms with Gasteiger partial charge in [-0.15, -0.1) is 0 Å². The Morgan fingerprint density at radius 1 is 0.703 bits per heavy atom. The molecule has 1 aliphatic rings. The fourth-order valence-electron chi connectivity index (χ4n) is 7.73. The van der Waals surface area contributed by atoms with E-state index in [1.54, 1.807) is 44.2 Å². The van der Waals surface area contributed by atoms with Crippen molar-refractivity contribution in [2.45, 2.75) is 140 Å². The fourth-order valence-corrected chi connectivity index (χ4v) is 8.40. The SMILES string of the molecule is CC[C@H](C)[C@H](NC(=O)[C@H](Cc1ccccc1)NC(=O)[C@H](CC(C)C)NC(=O)CNC(=O)[C@@H](N)CS)C(=O)N[C@@H](CS)C(=O)N1CCC[C@H]1C(=O)N[C@@H](CS)C(=O)N[C@@H](CC(N)=O)C(=O)N[C@@H](CCCCN)C(=O)O. The Labute approximate surface area is 448 Å². The number of carbonyl (C=O) groups excluding carboxylic acids is 10. The number of rotatable bonds is 33. The third kappa shape index (κ3) is 21.7. The maximum absolute atomic E-state index is 14.3. The van der Waals surface area contributed by atoms with Crippen LogP contribution in [0.2, 0.25) is 0 Å². The summed E-state index contributed by atoms with van der Waals surface area (Å²) < 4.78 is 0. The third-order valence-corrected chi connectivity index (χ3v) is 13.2. The number of aliphatic carboxylic acids is 1. The number of hydrogen-bond donors (Lipinski definition) is 15. The Hall–Kier alpha value is -5.64. The number of nitrogens with zero attached hydrogens (tertiary/aromatic N) is 1. The summed E-state index contributed by atoms with van der Waals surface area (Å²) in [6.07, 6.45) is 1.22. The number of hydrogen-bond acceptors (Lipinski definition) is 16. The van der Waals surface area contributed by atoms with Gasteiger partial charge in [0.2, 0.25) is 59.1 Å². The van der Waals surface area contributed by atoms with Crippen molar-refractivity contribution in [1.82, 2.24) is 47.4 Å². The third-order valence-electron chi connectivity index (χ3n) is 12.1. The van der Waals surface area contributed by atoms with Gasteiger partial charge in [-0.2, -0.15) is 37.9 Å².